The van der Waals surface area contributed by atoms with E-state index in [0.29, 0.717) is 12.1 Å². The molecule has 2 atom stereocenters. The summed E-state index contributed by atoms with van der Waals surface area (Å²) in [6.45, 7) is 0. The zero-order valence-corrected chi connectivity index (χ0v) is 10.8. The maximum atomic E-state index is 4.80. The van der Waals surface area contributed by atoms with Gasteiger partial charge in [-0.15, -0.1) is 0 Å². The molecule has 3 nitrogen and oxygen atoms in total. The van der Waals surface area contributed by atoms with E-state index < -0.39 is 0 Å². The van der Waals surface area contributed by atoms with Gasteiger partial charge < -0.3 is 5.32 Å². The van der Waals surface area contributed by atoms with Crippen molar-refractivity contribution in [1.29, 1.82) is 0 Å². The van der Waals surface area contributed by atoms with Crippen LogP contribution in [0, 0.1) is 0 Å². The van der Waals surface area contributed by atoms with Gasteiger partial charge in [0.05, 0.1) is 5.69 Å². The van der Waals surface area contributed by atoms with Gasteiger partial charge in [0.2, 0.25) is 0 Å². The minimum atomic E-state index is 0.500. The summed E-state index contributed by atoms with van der Waals surface area (Å²) in [6.07, 6.45) is 6.45. The summed E-state index contributed by atoms with van der Waals surface area (Å²) >= 11 is 0. The molecule has 2 bridgehead atoms. The van der Waals surface area contributed by atoms with Crippen LogP contribution in [0.2, 0.25) is 0 Å². The third kappa shape index (κ3) is 2.04. The molecule has 3 heterocycles. The van der Waals surface area contributed by atoms with Crippen LogP contribution in [0.5, 0.6) is 0 Å². The Bertz CT molecular complexity index is 594. The van der Waals surface area contributed by atoms with Crippen molar-refractivity contribution in [2.24, 2.45) is 0 Å². The van der Waals surface area contributed by atoms with Gasteiger partial charge in [-0.25, -0.2) is 9.97 Å². The fourth-order valence-electron chi connectivity index (χ4n) is 3.24. The molecule has 3 heteroatoms. The topological polar surface area (TPSA) is 37.8 Å². The molecule has 19 heavy (non-hydrogen) atoms. The average molecular weight is 251 g/mol. The van der Waals surface area contributed by atoms with E-state index in [-0.39, 0.29) is 0 Å². The van der Waals surface area contributed by atoms with Crippen LogP contribution in [0.15, 0.2) is 36.5 Å². The van der Waals surface area contributed by atoms with Crippen molar-refractivity contribution in [2.45, 2.75) is 37.8 Å². The molecule has 2 aromatic rings. The van der Waals surface area contributed by atoms with Crippen LogP contribution >= 0.6 is 0 Å². The second-order valence-electron chi connectivity index (χ2n) is 5.55. The van der Waals surface area contributed by atoms with Crippen LogP contribution < -0.4 is 5.32 Å². The fourth-order valence-corrected chi connectivity index (χ4v) is 3.24. The Morgan fingerprint density at radius 3 is 2.95 bits per heavy atom. The highest BCUT2D eigenvalue weighted by Gasteiger charge is 2.33. The Morgan fingerprint density at radius 2 is 2.05 bits per heavy atom. The molecule has 2 unspecified atom stereocenters. The molecule has 96 valence electrons. The van der Waals surface area contributed by atoms with Gasteiger partial charge in [-0.3, -0.25) is 0 Å². The Kier molecular flexibility index (Phi) is 2.59. The SMILES string of the molecule is c1ccc(Cc2ncc3c(n2)CC2CCC3N2)cc1. The highest BCUT2D eigenvalue weighted by atomic mass is 15.0. The van der Waals surface area contributed by atoms with Crippen molar-refractivity contribution in [3.05, 3.63) is 59.2 Å². The lowest BCUT2D eigenvalue weighted by Gasteiger charge is -2.23. The van der Waals surface area contributed by atoms with Crippen LogP contribution in [0.4, 0.5) is 0 Å². The molecule has 1 aromatic carbocycles. The number of fused-ring (bicyclic) bond motifs is 4. The average Bonchev–Trinajstić information content (AvgIpc) is 2.82. The highest BCUT2D eigenvalue weighted by Crippen LogP contribution is 2.34. The lowest BCUT2D eigenvalue weighted by molar-refractivity contribution is 0.502. The predicted molar refractivity (Wildman–Crippen MR) is 73.9 cm³/mol. The molecule has 0 amide bonds. The summed E-state index contributed by atoms with van der Waals surface area (Å²) in [4.78, 5) is 9.35. The first kappa shape index (κ1) is 11.1. The van der Waals surface area contributed by atoms with E-state index in [2.05, 4.69) is 34.6 Å². The fraction of sp³-hybridized carbons (Fsp3) is 0.375. The van der Waals surface area contributed by atoms with Crippen LogP contribution in [0.3, 0.4) is 0 Å². The molecule has 4 rings (SSSR count). The van der Waals surface area contributed by atoms with Gasteiger partial charge in [0.15, 0.2) is 0 Å². The molecule has 0 spiro atoms. The van der Waals surface area contributed by atoms with Crippen LogP contribution in [0.1, 0.15) is 41.5 Å². The van der Waals surface area contributed by atoms with E-state index in [4.69, 9.17) is 4.98 Å². The Hall–Kier alpha value is -1.74. The van der Waals surface area contributed by atoms with Gasteiger partial charge >= 0.3 is 0 Å². The van der Waals surface area contributed by atoms with E-state index in [1.807, 2.05) is 12.3 Å². The van der Waals surface area contributed by atoms with Gasteiger partial charge in [0.1, 0.15) is 5.82 Å². The maximum absolute atomic E-state index is 4.80. The van der Waals surface area contributed by atoms with E-state index in [9.17, 15) is 0 Å². The molecule has 1 saturated heterocycles. The number of nitrogens with one attached hydrogen (secondary N) is 1. The number of benzene rings is 1. The quantitative estimate of drug-likeness (QED) is 0.890. The molecule has 1 N–H and O–H groups in total. The monoisotopic (exact) mass is 251 g/mol. The van der Waals surface area contributed by atoms with Gasteiger partial charge in [-0.1, -0.05) is 30.3 Å². The second-order valence-corrected chi connectivity index (χ2v) is 5.55. The van der Waals surface area contributed by atoms with E-state index in [0.717, 1.165) is 18.7 Å². The minimum Gasteiger partial charge on any atom is -0.307 e. The van der Waals surface area contributed by atoms with E-state index >= 15 is 0 Å². The molecule has 2 aliphatic rings. The lowest BCUT2D eigenvalue weighted by Crippen LogP contribution is -2.32. The van der Waals surface area contributed by atoms with Gasteiger partial charge in [-0.05, 0) is 18.4 Å². The molecule has 0 saturated carbocycles. The number of hydrogen-bond donors (Lipinski definition) is 1. The summed E-state index contributed by atoms with van der Waals surface area (Å²) < 4.78 is 0. The first-order chi connectivity index (χ1) is 9.38. The van der Waals surface area contributed by atoms with Crippen molar-refractivity contribution in [1.82, 2.24) is 15.3 Å². The van der Waals surface area contributed by atoms with Crippen molar-refractivity contribution >= 4 is 0 Å². The lowest BCUT2D eigenvalue weighted by atomic mass is 10.0. The van der Waals surface area contributed by atoms with Crippen molar-refractivity contribution in [2.75, 3.05) is 0 Å². The smallest absolute Gasteiger partial charge is 0.132 e. The molecule has 0 aliphatic carbocycles. The number of nitrogens with zero attached hydrogens (tertiary/aromatic N) is 2. The van der Waals surface area contributed by atoms with Crippen molar-refractivity contribution < 1.29 is 0 Å². The third-order valence-electron chi connectivity index (χ3n) is 4.21. The minimum absolute atomic E-state index is 0.500. The van der Waals surface area contributed by atoms with E-state index in [1.165, 1.54) is 29.7 Å². The van der Waals surface area contributed by atoms with Gasteiger partial charge in [-0.2, -0.15) is 0 Å². The Balaban J connectivity index is 1.64. The highest BCUT2D eigenvalue weighted by molar-refractivity contribution is 5.29. The largest absolute Gasteiger partial charge is 0.307 e. The zero-order valence-electron chi connectivity index (χ0n) is 10.8. The number of aromatic nitrogens is 2. The van der Waals surface area contributed by atoms with E-state index in [1.54, 1.807) is 0 Å². The van der Waals surface area contributed by atoms with Gasteiger partial charge in [0, 0.05) is 36.7 Å². The van der Waals surface area contributed by atoms with Crippen LogP contribution in [-0.2, 0) is 12.8 Å². The molecule has 0 radical (unpaired) electrons. The summed E-state index contributed by atoms with van der Waals surface area (Å²) in [5, 5.41) is 3.64. The molecule has 1 fully saturated rings. The van der Waals surface area contributed by atoms with Crippen LogP contribution in [0.25, 0.3) is 0 Å². The first-order valence-corrected chi connectivity index (χ1v) is 7.03. The number of rotatable bonds is 2. The standard InChI is InChI=1S/C16H17N3/c1-2-4-11(5-3-1)8-16-17-10-13-14-7-6-12(18-14)9-15(13)19-16/h1-5,10,12,14,18H,6-9H2. The van der Waals surface area contributed by atoms with Crippen molar-refractivity contribution in [3.63, 3.8) is 0 Å². The third-order valence-corrected chi connectivity index (χ3v) is 4.21. The Labute approximate surface area is 113 Å². The van der Waals surface area contributed by atoms with Crippen LogP contribution in [-0.4, -0.2) is 16.0 Å². The summed E-state index contributed by atoms with van der Waals surface area (Å²) in [7, 11) is 0. The Morgan fingerprint density at radius 1 is 1.16 bits per heavy atom. The maximum Gasteiger partial charge on any atom is 0.132 e. The van der Waals surface area contributed by atoms with Crippen molar-refractivity contribution in [3.8, 4) is 0 Å². The number of hydrogen-bond acceptors (Lipinski definition) is 3. The predicted octanol–water partition coefficient (Wildman–Crippen LogP) is 2.42. The summed E-state index contributed by atoms with van der Waals surface area (Å²) in [6, 6.07) is 11.6. The molecule has 1 aromatic heterocycles. The normalized spacial score (nSPS) is 24.2. The zero-order chi connectivity index (χ0) is 12.7. The summed E-state index contributed by atoms with van der Waals surface area (Å²) in [5.74, 6) is 0.950. The molecular formula is C16H17N3. The first-order valence-electron chi connectivity index (χ1n) is 7.03. The second kappa shape index (κ2) is 4.42. The molecule has 2 aliphatic heterocycles. The summed E-state index contributed by atoms with van der Waals surface area (Å²) in [5.41, 5.74) is 3.87. The van der Waals surface area contributed by atoms with Gasteiger partial charge in [0.25, 0.3) is 0 Å². The molecular weight excluding hydrogens is 234 g/mol.